The van der Waals surface area contributed by atoms with Crippen LogP contribution in [0.5, 0.6) is 0 Å². The van der Waals surface area contributed by atoms with Gasteiger partial charge in [-0.05, 0) is 30.5 Å². The number of hydrogen-bond acceptors (Lipinski definition) is 4. The molecular weight excluding hydrogens is 258 g/mol. The van der Waals surface area contributed by atoms with Gasteiger partial charge in [-0.1, -0.05) is 6.07 Å². The van der Waals surface area contributed by atoms with Gasteiger partial charge >= 0.3 is 0 Å². The molecule has 0 aliphatic carbocycles. The summed E-state index contributed by atoms with van der Waals surface area (Å²) in [5.74, 6) is 0.669. The fourth-order valence-electron chi connectivity index (χ4n) is 1.76. The first kappa shape index (κ1) is 13.5. The monoisotopic (exact) mass is 275 g/mol. The Morgan fingerprint density at radius 2 is 2.26 bits per heavy atom. The lowest BCUT2D eigenvalue weighted by molar-refractivity contribution is 0.0940. The van der Waals surface area contributed by atoms with E-state index in [1.165, 1.54) is 4.88 Å². The van der Waals surface area contributed by atoms with Crippen LogP contribution in [0, 0.1) is 0 Å². The van der Waals surface area contributed by atoms with Crippen molar-refractivity contribution in [3.8, 4) is 0 Å². The molecule has 100 valence electrons. The number of carbonyl (C=O) groups excluding carboxylic acids is 1. The third-order valence-electron chi connectivity index (χ3n) is 2.75. The highest BCUT2D eigenvalue weighted by molar-refractivity contribution is 7.09. The van der Waals surface area contributed by atoms with Crippen LogP contribution in [0.15, 0.2) is 35.8 Å². The van der Waals surface area contributed by atoms with Crippen molar-refractivity contribution in [3.63, 3.8) is 0 Å². The van der Waals surface area contributed by atoms with Crippen LogP contribution in [0.4, 0.5) is 5.82 Å². The Morgan fingerprint density at radius 3 is 2.84 bits per heavy atom. The van der Waals surface area contributed by atoms with Crippen LogP contribution in [-0.4, -0.2) is 24.0 Å². The maximum absolute atomic E-state index is 12.0. The van der Waals surface area contributed by atoms with Crippen LogP contribution in [0.3, 0.4) is 0 Å². The molecule has 0 saturated heterocycles. The van der Waals surface area contributed by atoms with Gasteiger partial charge in [0.25, 0.3) is 5.91 Å². The van der Waals surface area contributed by atoms with Gasteiger partial charge in [0.1, 0.15) is 5.82 Å². The average Bonchev–Trinajstić information content (AvgIpc) is 2.91. The van der Waals surface area contributed by atoms with E-state index >= 15 is 0 Å². The normalized spacial score (nSPS) is 11.9. The minimum Gasteiger partial charge on any atom is -0.373 e. The molecule has 2 aromatic rings. The topological polar surface area (TPSA) is 54.0 Å². The highest BCUT2D eigenvalue weighted by atomic mass is 32.1. The minimum absolute atomic E-state index is 0.0841. The molecule has 0 saturated carbocycles. The van der Waals surface area contributed by atoms with Crippen molar-refractivity contribution in [2.45, 2.75) is 19.4 Å². The van der Waals surface area contributed by atoms with Crippen LogP contribution < -0.4 is 10.6 Å². The van der Waals surface area contributed by atoms with E-state index < -0.39 is 0 Å². The van der Waals surface area contributed by atoms with Gasteiger partial charge in [-0.2, -0.15) is 0 Å². The maximum atomic E-state index is 12.0. The van der Waals surface area contributed by atoms with E-state index in [4.69, 9.17) is 0 Å². The standard InChI is InChI=1S/C14H17N3OS/c1-10(8-12-4-3-7-19-12)17-14(18)11-5-6-13(15-2)16-9-11/h3-7,9-10H,8H2,1-2H3,(H,15,16)(H,17,18). The summed E-state index contributed by atoms with van der Waals surface area (Å²) in [6.07, 6.45) is 2.43. The summed E-state index contributed by atoms with van der Waals surface area (Å²) in [6.45, 7) is 2.01. The van der Waals surface area contributed by atoms with E-state index in [2.05, 4.69) is 21.7 Å². The summed E-state index contributed by atoms with van der Waals surface area (Å²) in [6, 6.07) is 7.77. The van der Waals surface area contributed by atoms with Gasteiger partial charge < -0.3 is 10.6 Å². The summed E-state index contributed by atoms with van der Waals surface area (Å²) in [5.41, 5.74) is 0.581. The molecule has 5 heteroatoms. The summed E-state index contributed by atoms with van der Waals surface area (Å²) >= 11 is 1.71. The van der Waals surface area contributed by atoms with Crippen LogP contribution >= 0.6 is 11.3 Å². The highest BCUT2D eigenvalue weighted by Crippen LogP contribution is 2.11. The number of thiophene rings is 1. The Bertz CT molecular complexity index is 522. The smallest absolute Gasteiger partial charge is 0.253 e. The molecule has 2 heterocycles. The Balaban J connectivity index is 1.92. The first-order chi connectivity index (χ1) is 9.19. The molecule has 0 radical (unpaired) electrons. The van der Waals surface area contributed by atoms with Gasteiger partial charge in [-0.15, -0.1) is 11.3 Å². The molecule has 0 aliphatic heterocycles. The van der Waals surface area contributed by atoms with Gasteiger partial charge in [-0.3, -0.25) is 4.79 Å². The lowest BCUT2D eigenvalue weighted by Crippen LogP contribution is -2.33. The molecule has 19 heavy (non-hydrogen) atoms. The van der Waals surface area contributed by atoms with Gasteiger partial charge in [0.15, 0.2) is 0 Å². The zero-order valence-corrected chi connectivity index (χ0v) is 11.8. The molecule has 2 aromatic heterocycles. The molecule has 1 unspecified atom stereocenters. The summed E-state index contributed by atoms with van der Waals surface area (Å²) < 4.78 is 0. The second-order valence-corrected chi connectivity index (χ2v) is 5.37. The van der Waals surface area contributed by atoms with E-state index in [1.807, 2.05) is 18.4 Å². The Hall–Kier alpha value is -1.88. The van der Waals surface area contributed by atoms with Crippen molar-refractivity contribution in [2.75, 3.05) is 12.4 Å². The van der Waals surface area contributed by atoms with Crippen molar-refractivity contribution in [1.82, 2.24) is 10.3 Å². The first-order valence-electron chi connectivity index (χ1n) is 6.16. The molecule has 4 nitrogen and oxygen atoms in total. The van der Waals surface area contributed by atoms with Gasteiger partial charge in [0.2, 0.25) is 0 Å². The highest BCUT2D eigenvalue weighted by Gasteiger charge is 2.11. The number of anilines is 1. The summed E-state index contributed by atoms with van der Waals surface area (Å²) in [4.78, 5) is 17.4. The molecule has 0 aromatic carbocycles. The first-order valence-corrected chi connectivity index (χ1v) is 7.04. The summed E-state index contributed by atoms with van der Waals surface area (Å²) in [5, 5.41) is 7.95. The Morgan fingerprint density at radius 1 is 1.42 bits per heavy atom. The number of hydrogen-bond donors (Lipinski definition) is 2. The van der Waals surface area contributed by atoms with E-state index in [-0.39, 0.29) is 11.9 Å². The molecule has 2 N–H and O–H groups in total. The molecule has 0 bridgehead atoms. The molecule has 0 fully saturated rings. The molecule has 0 spiro atoms. The van der Waals surface area contributed by atoms with Crippen molar-refractivity contribution >= 4 is 23.1 Å². The number of nitrogens with one attached hydrogen (secondary N) is 2. The van der Waals surface area contributed by atoms with Gasteiger partial charge in [-0.25, -0.2) is 4.98 Å². The lowest BCUT2D eigenvalue weighted by atomic mass is 10.2. The zero-order valence-electron chi connectivity index (χ0n) is 11.0. The fraction of sp³-hybridized carbons (Fsp3) is 0.286. The molecule has 2 rings (SSSR count). The van der Waals surface area contributed by atoms with Crippen LogP contribution in [0.1, 0.15) is 22.2 Å². The van der Waals surface area contributed by atoms with Gasteiger partial charge in [0.05, 0.1) is 5.56 Å². The second kappa shape index (κ2) is 6.33. The Kier molecular flexibility index (Phi) is 4.52. The SMILES string of the molecule is CNc1ccc(C(=O)NC(C)Cc2cccs2)cn1. The third kappa shape index (κ3) is 3.79. The predicted octanol–water partition coefficient (Wildman–Crippen LogP) is 2.55. The number of carbonyl (C=O) groups is 1. The van der Waals surface area contributed by atoms with E-state index in [9.17, 15) is 4.79 Å². The van der Waals surface area contributed by atoms with Crippen LogP contribution in [0.25, 0.3) is 0 Å². The number of amides is 1. The maximum Gasteiger partial charge on any atom is 0.253 e. The average molecular weight is 275 g/mol. The summed E-state index contributed by atoms with van der Waals surface area (Å²) in [7, 11) is 1.80. The molecule has 0 aliphatic rings. The van der Waals surface area contributed by atoms with Crippen molar-refractivity contribution in [2.24, 2.45) is 0 Å². The zero-order chi connectivity index (χ0) is 13.7. The van der Waals surface area contributed by atoms with Crippen LogP contribution in [0.2, 0.25) is 0 Å². The van der Waals surface area contributed by atoms with Crippen molar-refractivity contribution in [3.05, 3.63) is 46.3 Å². The number of rotatable bonds is 5. The number of nitrogens with zero attached hydrogens (tertiary/aromatic N) is 1. The quantitative estimate of drug-likeness (QED) is 0.881. The molecule has 1 amide bonds. The molecular formula is C14H17N3OS. The van der Waals surface area contributed by atoms with E-state index in [1.54, 1.807) is 36.7 Å². The van der Waals surface area contributed by atoms with Gasteiger partial charge in [0, 0.05) is 30.6 Å². The van der Waals surface area contributed by atoms with E-state index in [0.29, 0.717) is 5.56 Å². The Labute approximate surface area is 116 Å². The van der Waals surface area contributed by atoms with Crippen molar-refractivity contribution in [1.29, 1.82) is 0 Å². The third-order valence-corrected chi connectivity index (χ3v) is 3.65. The molecule has 1 atom stereocenters. The van der Waals surface area contributed by atoms with Crippen LogP contribution in [-0.2, 0) is 6.42 Å². The largest absolute Gasteiger partial charge is 0.373 e. The number of pyridine rings is 1. The second-order valence-electron chi connectivity index (χ2n) is 4.34. The predicted molar refractivity (Wildman–Crippen MR) is 78.7 cm³/mol. The fourth-order valence-corrected chi connectivity index (χ4v) is 2.60. The van der Waals surface area contributed by atoms with E-state index in [0.717, 1.165) is 12.2 Å². The number of aromatic nitrogens is 1. The van der Waals surface area contributed by atoms with Crippen molar-refractivity contribution < 1.29 is 4.79 Å². The lowest BCUT2D eigenvalue weighted by Gasteiger charge is -2.13. The minimum atomic E-state index is -0.0841.